The largest absolute Gasteiger partial charge is 0.314 e. The van der Waals surface area contributed by atoms with Crippen LogP contribution in [0.25, 0.3) is 0 Å². The van der Waals surface area contributed by atoms with Gasteiger partial charge in [0.15, 0.2) is 0 Å². The molecule has 1 rings (SSSR count). The fraction of sp³-hybridized carbons (Fsp3) is 0.600. The van der Waals surface area contributed by atoms with Gasteiger partial charge in [0.1, 0.15) is 5.82 Å². The summed E-state index contributed by atoms with van der Waals surface area (Å²) in [7, 11) is -3.27. The number of sulfonamides is 1. The molecule has 0 spiro atoms. The average Bonchev–Trinajstić information content (AvgIpc) is 2.36. The number of benzene rings is 1. The molecule has 4 nitrogen and oxygen atoms in total. The van der Waals surface area contributed by atoms with E-state index in [0.29, 0.717) is 25.4 Å². The monoisotopic (exact) mass is 316 g/mol. The van der Waals surface area contributed by atoms with Crippen molar-refractivity contribution in [3.8, 4) is 0 Å². The van der Waals surface area contributed by atoms with Crippen LogP contribution < -0.4 is 10.0 Å². The first-order valence-electron chi connectivity index (χ1n) is 7.26. The fourth-order valence-corrected chi connectivity index (χ4v) is 3.37. The van der Waals surface area contributed by atoms with Crippen LogP contribution in [0.1, 0.15) is 32.8 Å². The summed E-state index contributed by atoms with van der Waals surface area (Å²) in [6.07, 6.45) is 1.13. The molecule has 0 aliphatic rings. The summed E-state index contributed by atoms with van der Waals surface area (Å²) in [6, 6.07) is 6.26. The number of hydrogen-bond acceptors (Lipinski definition) is 3. The van der Waals surface area contributed by atoms with Crippen LogP contribution in [0.4, 0.5) is 4.39 Å². The second-order valence-corrected chi connectivity index (χ2v) is 7.50. The zero-order valence-corrected chi connectivity index (χ0v) is 13.7. The molecule has 1 atom stereocenters. The fourth-order valence-electron chi connectivity index (χ4n) is 2.03. The van der Waals surface area contributed by atoms with E-state index < -0.39 is 10.0 Å². The Morgan fingerprint density at radius 3 is 2.33 bits per heavy atom. The maximum absolute atomic E-state index is 12.8. The van der Waals surface area contributed by atoms with E-state index in [4.69, 9.17) is 0 Å². The van der Waals surface area contributed by atoms with Gasteiger partial charge in [-0.15, -0.1) is 0 Å². The summed E-state index contributed by atoms with van der Waals surface area (Å²) in [5, 5.41) is 3.19. The molecular weight excluding hydrogens is 291 g/mol. The lowest BCUT2D eigenvalue weighted by atomic mass is 10.1. The third kappa shape index (κ3) is 8.14. The Hall–Kier alpha value is -0.980. The summed E-state index contributed by atoms with van der Waals surface area (Å²) >= 11 is 0. The van der Waals surface area contributed by atoms with E-state index in [1.807, 2.05) is 20.8 Å². The van der Waals surface area contributed by atoms with Gasteiger partial charge in [0, 0.05) is 12.1 Å². The SMILES string of the molecule is CC(C)NCCCS(=O)(=O)NC(C)Cc1ccc(F)cc1. The summed E-state index contributed by atoms with van der Waals surface area (Å²) in [5.74, 6) is -0.176. The molecule has 0 saturated heterocycles. The van der Waals surface area contributed by atoms with Gasteiger partial charge < -0.3 is 5.32 Å². The van der Waals surface area contributed by atoms with E-state index in [-0.39, 0.29) is 17.6 Å². The van der Waals surface area contributed by atoms with Crippen LogP contribution in [0.2, 0.25) is 0 Å². The van der Waals surface area contributed by atoms with Gasteiger partial charge >= 0.3 is 0 Å². The highest BCUT2D eigenvalue weighted by Gasteiger charge is 2.14. The smallest absolute Gasteiger partial charge is 0.211 e. The molecule has 0 fully saturated rings. The van der Waals surface area contributed by atoms with Crippen LogP contribution in [-0.2, 0) is 16.4 Å². The molecule has 0 amide bonds. The molecule has 1 unspecified atom stereocenters. The molecule has 6 heteroatoms. The Kier molecular flexibility index (Phi) is 7.28. The Bertz CT molecular complexity index is 515. The van der Waals surface area contributed by atoms with Gasteiger partial charge in [0.25, 0.3) is 0 Å². The first-order chi connectivity index (χ1) is 9.78. The Labute approximate surface area is 127 Å². The molecule has 0 aromatic heterocycles. The van der Waals surface area contributed by atoms with Gasteiger partial charge in [-0.05, 0) is 44.0 Å². The third-order valence-electron chi connectivity index (χ3n) is 2.98. The maximum atomic E-state index is 12.8. The predicted molar refractivity (Wildman–Crippen MR) is 84.2 cm³/mol. The molecule has 2 N–H and O–H groups in total. The van der Waals surface area contributed by atoms with E-state index in [9.17, 15) is 12.8 Å². The number of halogens is 1. The summed E-state index contributed by atoms with van der Waals surface area (Å²) in [5.41, 5.74) is 0.910. The Morgan fingerprint density at radius 1 is 1.14 bits per heavy atom. The Morgan fingerprint density at radius 2 is 1.76 bits per heavy atom. The molecule has 0 radical (unpaired) electrons. The highest BCUT2D eigenvalue weighted by Crippen LogP contribution is 2.06. The molecule has 0 bridgehead atoms. The highest BCUT2D eigenvalue weighted by molar-refractivity contribution is 7.89. The molecule has 120 valence electrons. The van der Waals surface area contributed by atoms with E-state index in [1.165, 1.54) is 12.1 Å². The minimum absolute atomic E-state index is 0.112. The van der Waals surface area contributed by atoms with Crippen molar-refractivity contribution in [3.63, 3.8) is 0 Å². The lowest BCUT2D eigenvalue weighted by Crippen LogP contribution is -2.36. The number of hydrogen-bond donors (Lipinski definition) is 2. The van der Waals surface area contributed by atoms with Gasteiger partial charge in [-0.25, -0.2) is 17.5 Å². The van der Waals surface area contributed by atoms with Crippen LogP contribution >= 0.6 is 0 Å². The van der Waals surface area contributed by atoms with Crippen molar-refractivity contribution in [3.05, 3.63) is 35.6 Å². The van der Waals surface area contributed by atoms with Crippen LogP contribution in [0.3, 0.4) is 0 Å². The molecule has 0 aliphatic heterocycles. The minimum atomic E-state index is -3.27. The number of rotatable bonds is 9. The molecule has 0 aliphatic carbocycles. The topological polar surface area (TPSA) is 58.2 Å². The van der Waals surface area contributed by atoms with Crippen LogP contribution in [0.15, 0.2) is 24.3 Å². The normalized spacial score (nSPS) is 13.6. The molecule has 0 saturated carbocycles. The van der Waals surface area contributed by atoms with Crippen molar-refractivity contribution >= 4 is 10.0 Å². The highest BCUT2D eigenvalue weighted by atomic mass is 32.2. The van der Waals surface area contributed by atoms with Gasteiger partial charge in [-0.2, -0.15) is 0 Å². The van der Waals surface area contributed by atoms with Crippen molar-refractivity contribution in [2.75, 3.05) is 12.3 Å². The zero-order chi connectivity index (χ0) is 15.9. The zero-order valence-electron chi connectivity index (χ0n) is 12.9. The van der Waals surface area contributed by atoms with Crippen LogP contribution in [0.5, 0.6) is 0 Å². The summed E-state index contributed by atoms with van der Waals surface area (Å²) in [4.78, 5) is 0. The lowest BCUT2D eigenvalue weighted by Gasteiger charge is -2.15. The van der Waals surface area contributed by atoms with Crippen molar-refractivity contribution in [2.45, 2.75) is 45.7 Å². The van der Waals surface area contributed by atoms with E-state index in [0.717, 1.165) is 5.56 Å². The first-order valence-corrected chi connectivity index (χ1v) is 8.91. The maximum Gasteiger partial charge on any atom is 0.211 e. The molecule has 1 aromatic rings. The van der Waals surface area contributed by atoms with E-state index >= 15 is 0 Å². The predicted octanol–water partition coefficient (Wildman–Crippen LogP) is 2.06. The summed E-state index contributed by atoms with van der Waals surface area (Å²) < 4.78 is 39.3. The summed E-state index contributed by atoms with van der Waals surface area (Å²) in [6.45, 7) is 6.55. The van der Waals surface area contributed by atoms with E-state index in [1.54, 1.807) is 12.1 Å². The van der Waals surface area contributed by atoms with Gasteiger partial charge in [0.05, 0.1) is 5.75 Å². The van der Waals surface area contributed by atoms with Crippen LogP contribution in [0, 0.1) is 5.82 Å². The van der Waals surface area contributed by atoms with Gasteiger partial charge in [-0.3, -0.25) is 0 Å². The van der Waals surface area contributed by atoms with Crippen molar-refractivity contribution in [1.29, 1.82) is 0 Å². The second kappa shape index (κ2) is 8.46. The first kappa shape index (κ1) is 18.1. The van der Waals surface area contributed by atoms with Crippen molar-refractivity contribution in [2.24, 2.45) is 0 Å². The van der Waals surface area contributed by atoms with Crippen LogP contribution in [-0.4, -0.2) is 32.8 Å². The lowest BCUT2D eigenvalue weighted by molar-refractivity contribution is 0.547. The van der Waals surface area contributed by atoms with Crippen molar-refractivity contribution < 1.29 is 12.8 Å². The standard InChI is InChI=1S/C15H25FN2O2S/c1-12(2)17-9-4-10-21(19,20)18-13(3)11-14-5-7-15(16)8-6-14/h5-8,12-13,17-18H,4,9-11H2,1-3H3. The molecule has 1 aromatic carbocycles. The minimum Gasteiger partial charge on any atom is -0.314 e. The van der Waals surface area contributed by atoms with Crippen molar-refractivity contribution in [1.82, 2.24) is 10.0 Å². The third-order valence-corrected chi connectivity index (χ3v) is 4.57. The van der Waals surface area contributed by atoms with Gasteiger partial charge in [0.2, 0.25) is 10.0 Å². The average molecular weight is 316 g/mol. The molecule has 0 heterocycles. The number of nitrogens with one attached hydrogen (secondary N) is 2. The molecular formula is C15H25FN2O2S. The van der Waals surface area contributed by atoms with E-state index in [2.05, 4.69) is 10.0 Å². The quantitative estimate of drug-likeness (QED) is 0.686. The second-order valence-electron chi connectivity index (χ2n) is 5.63. The Balaban J connectivity index is 2.38. The molecule has 21 heavy (non-hydrogen) atoms. The van der Waals surface area contributed by atoms with Gasteiger partial charge in [-0.1, -0.05) is 26.0 Å².